The van der Waals surface area contributed by atoms with Gasteiger partial charge < -0.3 is 10.5 Å². The highest BCUT2D eigenvalue weighted by molar-refractivity contribution is 6.01. The normalized spacial score (nSPS) is 19.4. The number of amides is 2. The van der Waals surface area contributed by atoms with Crippen LogP contribution in [-0.4, -0.2) is 17.9 Å². The van der Waals surface area contributed by atoms with Crippen LogP contribution >= 0.6 is 0 Å². The van der Waals surface area contributed by atoms with Gasteiger partial charge in [-0.15, -0.1) is 0 Å². The summed E-state index contributed by atoms with van der Waals surface area (Å²) >= 11 is 0. The maximum absolute atomic E-state index is 11.8. The Balaban J connectivity index is 2.20. The minimum atomic E-state index is -0.312. The molecule has 2 amide bonds. The number of rotatable bonds is 3. The van der Waals surface area contributed by atoms with Crippen molar-refractivity contribution in [3.05, 3.63) is 23.8 Å². The lowest BCUT2D eigenvalue weighted by Gasteiger charge is -2.22. The summed E-state index contributed by atoms with van der Waals surface area (Å²) in [4.78, 5) is 22.9. The zero-order valence-corrected chi connectivity index (χ0v) is 11.1. The van der Waals surface area contributed by atoms with Gasteiger partial charge in [0.05, 0.1) is 17.7 Å². The molecule has 1 aliphatic rings. The molecule has 102 valence electrons. The van der Waals surface area contributed by atoms with Crippen molar-refractivity contribution in [1.29, 1.82) is 0 Å². The Morgan fingerprint density at radius 2 is 2.11 bits per heavy atom. The predicted molar refractivity (Wildman–Crippen MR) is 71.7 cm³/mol. The van der Waals surface area contributed by atoms with Gasteiger partial charge >= 0.3 is 0 Å². The molecule has 0 aromatic heterocycles. The summed E-state index contributed by atoms with van der Waals surface area (Å²) in [5, 5.41) is 2.34. The Kier molecular flexibility index (Phi) is 3.74. The van der Waals surface area contributed by atoms with Crippen molar-refractivity contribution in [2.24, 2.45) is 0 Å². The van der Waals surface area contributed by atoms with Gasteiger partial charge in [-0.25, -0.2) is 0 Å². The van der Waals surface area contributed by atoms with Crippen LogP contribution in [0.4, 0.5) is 5.69 Å². The highest BCUT2D eigenvalue weighted by atomic mass is 16.5. The smallest absolute Gasteiger partial charge is 0.234 e. The summed E-state index contributed by atoms with van der Waals surface area (Å²) in [6, 6.07) is 5.35. The van der Waals surface area contributed by atoms with Crippen molar-refractivity contribution in [2.45, 2.75) is 38.7 Å². The number of carbonyl (C=O) groups excluding carboxylic acids is 2. The lowest BCUT2D eigenvalue weighted by molar-refractivity contribution is -0.134. The lowest BCUT2D eigenvalue weighted by atomic mass is 9.90. The van der Waals surface area contributed by atoms with Crippen molar-refractivity contribution in [3.63, 3.8) is 0 Å². The van der Waals surface area contributed by atoms with Crippen LogP contribution in [0, 0.1) is 0 Å². The zero-order valence-electron chi connectivity index (χ0n) is 11.1. The molecule has 1 aliphatic heterocycles. The topological polar surface area (TPSA) is 81.4 Å². The fraction of sp³-hybridized carbons (Fsp3) is 0.429. The van der Waals surface area contributed by atoms with E-state index in [1.165, 1.54) is 0 Å². The number of nitrogens with two attached hydrogens (primary N) is 1. The standard InChI is InChI=1S/C14H18N2O3/c1-8(2)19-12-5-3-9(7-11(12)15)10-4-6-13(17)16-14(10)18/h3,5,7-8,10H,4,6,15H2,1-2H3,(H,16,17,18). The van der Waals surface area contributed by atoms with E-state index in [1.54, 1.807) is 12.1 Å². The largest absolute Gasteiger partial charge is 0.489 e. The number of carbonyl (C=O) groups is 2. The van der Waals surface area contributed by atoms with Gasteiger partial charge in [-0.2, -0.15) is 0 Å². The maximum Gasteiger partial charge on any atom is 0.234 e. The summed E-state index contributed by atoms with van der Waals surface area (Å²) < 4.78 is 5.55. The molecule has 5 nitrogen and oxygen atoms in total. The summed E-state index contributed by atoms with van der Waals surface area (Å²) in [5.41, 5.74) is 7.25. The Hall–Kier alpha value is -2.04. The number of anilines is 1. The Labute approximate surface area is 112 Å². The molecule has 1 fully saturated rings. The number of imide groups is 1. The molecule has 1 aromatic rings. The van der Waals surface area contributed by atoms with Crippen molar-refractivity contribution in [2.75, 3.05) is 5.73 Å². The first-order valence-electron chi connectivity index (χ1n) is 6.37. The molecular formula is C14H18N2O3. The average molecular weight is 262 g/mol. The first-order chi connectivity index (χ1) is 8.97. The number of benzene rings is 1. The molecular weight excluding hydrogens is 244 g/mol. The SMILES string of the molecule is CC(C)Oc1ccc(C2CCC(=O)NC2=O)cc1N. The molecule has 0 bridgehead atoms. The van der Waals surface area contributed by atoms with E-state index in [9.17, 15) is 9.59 Å². The third kappa shape index (κ3) is 3.05. The van der Waals surface area contributed by atoms with E-state index >= 15 is 0 Å². The number of ether oxygens (including phenoxy) is 1. The van der Waals surface area contributed by atoms with Gasteiger partial charge in [0, 0.05) is 6.42 Å². The number of nitrogen functional groups attached to an aromatic ring is 1. The predicted octanol–water partition coefficient (Wildman–Crippen LogP) is 1.58. The van der Waals surface area contributed by atoms with Crippen LogP contribution in [0.2, 0.25) is 0 Å². The summed E-state index contributed by atoms with van der Waals surface area (Å²) in [7, 11) is 0. The molecule has 19 heavy (non-hydrogen) atoms. The van der Waals surface area contributed by atoms with Crippen LogP contribution < -0.4 is 15.8 Å². The van der Waals surface area contributed by atoms with Gasteiger partial charge in [0.25, 0.3) is 0 Å². The van der Waals surface area contributed by atoms with E-state index in [-0.39, 0.29) is 23.8 Å². The summed E-state index contributed by atoms with van der Waals surface area (Å²) in [5.74, 6) is -0.165. The van der Waals surface area contributed by atoms with Gasteiger partial charge in [-0.1, -0.05) is 6.07 Å². The number of nitrogens with one attached hydrogen (secondary N) is 1. The number of piperidine rings is 1. The third-order valence-electron chi connectivity index (χ3n) is 3.04. The molecule has 1 saturated heterocycles. The fourth-order valence-electron chi connectivity index (χ4n) is 2.16. The van der Waals surface area contributed by atoms with Crippen molar-refractivity contribution < 1.29 is 14.3 Å². The van der Waals surface area contributed by atoms with Crippen molar-refractivity contribution in [3.8, 4) is 5.75 Å². The van der Waals surface area contributed by atoms with Crippen LogP contribution in [0.5, 0.6) is 5.75 Å². The molecule has 1 atom stereocenters. The molecule has 1 unspecified atom stereocenters. The van der Waals surface area contributed by atoms with E-state index in [4.69, 9.17) is 10.5 Å². The highest BCUT2D eigenvalue weighted by Gasteiger charge is 2.28. The zero-order chi connectivity index (χ0) is 14.0. The monoisotopic (exact) mass is 262 g/mol. The van der Waals surface area contributed by atoms with Crippen LogP contribution in [-0.2, 0) is 9.59 Å². The molecule has 2 rings (SSSR count). The Bertz CT molecular complexity index is 511. The number of hydrogen-bond donors (Lipinski definition) is 2. The van der Waals surface area contributed by atoms with Gasteiger partial charge in [0.2, 0.25) is 11.8 Å². The minimum Gasteiger partial charge on any atom is -0.489 e. The second-order valence-corrected chi connectivity index (χ2v) is 4.97. The highest BCUT2D eigenvalue weighted by Crippen LogP contribution is 2.30. The average Bonchev–Trinajstić information content (AvgIpc) is 2.31. The lowest BCUT2D eigenvalue weighted by Crippen LogP contribution is -2.39. The first-order valence-corrected chi connectivity index (χ1v) is 6.37. The van der Waals surface area contributed by atoms with Gasteiger partial charge in [-0.3, -0.25) is 14.9 Å². The first kappa shape index (κ1) is 13.4. The molecule has 1 aromatic carbocycles. The fourth-order valence-corrected chi connectivity index (χ4v) is 2.16. The molecule has 0 spiro atoms. The Morgan fingerprint density at radius 3 is 2.68 bits per heavy atom. The quantitative estimate of drug-likeness (QED) is 0.640. The van der Waals surface area contributed by atoms with Crippen LogP contribution in [0.3, 0.4) is 0 Å². The molecule has 5 heteroatoms. The molecule has 3 N–H and O–H groups in total. The molecule has 0 aliphatic carbocycles. The second-order valence-electron chi connectivity index (χ2n) is 4.97. The van der Waals surface area contributed by atoms with Crippen molar-refractivity contribution >= 4 is 17.5 Å². The van der Waals surface area contributed by atoms with Crippen LogP contribution in [0.1, 0.15) is 38.2 Å². The van der Waals surface area contributed by atoms with Gasteiger partial charge in [0.15, 0.2) is 0 Å². The van der Waals surface area contributed by atoms with Gasteiger partial charge in [-0.05, 0) is 38.0 Å². The third-order valence-corrected chi connectivity index (χ3v) is 3.04. The number of hydrogen-bond acceptors (Lipinski definition) is 4. The maximum atomic E-state index is 11.8. The van der Waals surface area contributed by atoms with Crippen LogP contribution in [0.25, 0.3) is 0 Å². The second kappa shape index (κ2) is 5.30. The van der Waals surface area contributed by atoms with E-state index in [0.29, 0.717) is 24.3 Å². The van der Waals surface area contributed by atoms with E-state index in [1.807, 2.05) is 19.9 Å². The molecule has 0 saturated carbocycles. The Morgan fingerprint density at radius 1 is 1.37 bits per heavy atom. The van der Waals surface area contributed by atoms with E-state index in [0.717, 1.165) is 5.56 Å². The molecule has 0 radical (unpaired) electrons. The van der Waals surface area contributed by atoms with E-state index < -0.39 is 0 Å². The van der Waals surface area contributed by atoms with Gasteiger partial charge in [0.1, 0.15) is 5.75 Å². The summed E-state index contributed by atoms with van der Waals surface area (Å²) in [6.45, 7) is 3.85. The van der Waals surface area contributed by atoms with E-state index in [2.05, 4.69) is 5.32 Å². The van der Waals surface area contributed by atoms with Crippen molar-refractivity contribution in [1.82, 2.24) is 5.32 Å². The van der Waals surface area contributed by atoms with Crippen LogP contribution in [0.15, 0.2) is 18.2 Å². The summed E-state index contributed by atoms with van der Waals surface area (Å²) in [6.07, 6.45) is 0.929. The minimum absolute atomic E-state index is 0.0451. The molecule has 1 heterocycles.